The molecule has 0 spiro atoms. The van der Waals surface area contributed by atoms with E-state index in [9.17, 15) is 15.8 Å². The number of nitrogens with zero attached hydrogens (tertiary/aromatic N) is 3. The second-order valence-corrected chi connectivity index (χ2v) is 7.13. The van der Waals surface area contributed by atoms with Gasteiger partial charge in [0.2, 0.25) is 0 Å². The molecule has 0 amide bonds. The van der Waals surface area contributed by atoms with Crippen LogP contribution in [0.1, 0.15) is 25.3 Å². The van der Waals surface area contributed by atoms with Crippen LogP contribution in [0.25, 0.3) is 0 Å². The molecular formula is C22H24N5O2+. The molecule has 1 saturated carbocycles. The lowest BCUT2D eigenvalue weighted by atomic mass is 9.54. The first-order chi connectivity index (χ1) is 14.1. The van der Waals surface area contributed by atoms with Crippen LogP contribution >= 0.6 is 0 Å². The average molecular weight is 390 g/mol. The molecule has 0 unspecified atom stereocenters. The number of nitriles is 3. The number of quaternary nitrogens is 1. The first-order valence-electron chi connectivity index (χ1n) is 9.80. The summed E-state index contributed by atoms with van der Waals surface area (Å²) in [6, 6.07) is 11.8. The molecule has 1 aliphatic heterocycles. The Morgan fingerprint density at radius 1 is 1.14 bits per heavy atom. The van der Waals surface area contributed by atoms with E-state index < -0.39 is 17.3 Å². The largest absolute Gasteiger partial charge is 0.490 e. The average Bonchev–Trinajstić information content (AvgIpc) is 2.75. The van der Waals surface area contributed by atoms with Crippen LogP contribution in [0.5, 0.6) is 11.5 Å². The van der Waals surface area contributed by atoms with Crippen LogP contribution < -0.4 is 14.8 Å². The second-order valence-electron chi connectivity index (χ2n) is 7.13. The van der Waals surface area contributed by atoms with Crippen molar-refractivity contribution in [3.8, 4) is 29.7 Å². The van der Waals surface area contributed by atoms with Crippen molar-refractivity contribution in [2.75, 3.05) is 26.3 Å². The smallest absolute Gasteiger partial charge is 0.189 e. The zero-order valence-corrected chi connectivity index (χ0v) is 16.6. The maximum absolute atomic E-state index is 10.1. The van der Waals surface area contributed by atoms with Gasteiger partial charge >= 0.3 is 0 Å². The predicted octanol–water partition coefficient (Wildman–Crippen LogP) is 1.89. The number of hydrogen-bond donors (Lipinski definition) is 2. The summed E-state index contributed by atoms with van der Waals surface area (Å²) in [6.45, 7) is 6.09. The lowest BCUT2D eigenvalue weighted by Crippen LogP contribution is -2.87. The molecule has 1 aliphatic carbocycles. The highest BCUT2D eigenvalue weighted by Gasteiger charge is 2.58. The van der Waals surface area contributed by atoms with Gasteiger partial charge in [0.15, 0.2) is 16.9 Å². The Balaban J connectivity index is 2.21. The van der Waals surface area contributed by atoms with Crippen molar-refractivity contribution in [2.24, 2.45) is 17.3 Å². The van der Waals surface area contributed by atoms with E-state index in [0.29, 0.717) is 31.3 Å². The highest BCUT2D eigenvalue weighted by Crippen LogP contribution is 2.53. The van der Waals surface area contributed by atoms with Crippen LogP contribution in [0.4, 0.5) is 0 Å². The SMILES string of the molecule is CCOc1ccc([C@@H]2[C@@H]3C[NH2+]CC=C3[C@@H](C#N)C(=N)C2(C#N)C#N)cc1OCC. The molecule has 1 heterocycles. The maximum Gasteiger partial charge on any atom is 0.189 e. The van der Waals surface area contributed by atoms with Gasteiger partial charge in [-0.05, 0) is 43.2 Å². The van der Waals surface area contributed by atoms with Gasteiger partial charge in [-0.25, -0.2) is 0 Å². The van der Waals surface area contributed by atoms with Gasteiger partial charge in [0.25, 0.3) is 0 Å². The minimum absolute atomic E-state index is 0.133. The number of nitrogens with two attached hydrogens (primary N) is 1. The number of hydrogen-bond acceptors (Lipinski definition) is 6. The van der Waals surface area contributed by atoms with Crippen LogP contribution in [0, 0.1) is 56.7 Å². The van der Waals surface area contributed by atoms with Gasteiger partial charge in [-0.1, -0.05) is 6.07 Å². The van der Waals surface area contributed by atoms with Crippen molar-refractivity contribution in [1.82, 2.24) is 0 Å². The van der Waals surface area contributed by atoms with Gasteiger partial charge in [-0.15, -0.1) is 0 Å². The van der Waals surface area contributed by atoms with Gasteiger partial charge in [0.1, 0.15) is 5.92 Å². The van der Waals surface area contributed by atoms with E-state index in [1.54, 1.807) is 6.07 Å². The lowest BCUT2D eigenvalue weighted by molar-refractivity contribution is -0.654. The van der Waals surface area contributed by atoms with Gasteiger partial charge in [-0.2, -0.15) is 15.8 Å². The van der Waals surface area contributed by atoms with Crippen molar-refractivity contribution < 1.29 is 14.8 Å². The number of rotatable bonds is 5. The Bertz CT molecular complexity index is 949. The van der Waals surface area contributed by atoms with E-state index >= 15 is 0 Å². The van der Waals surface area contributed by atoms with Crippen molar-refractivity contribution >= 4 is 5.71 Å². The Kier molecular flexibility index (Phi) is 5.87. The molecule has 3 atom stereocenters. The summed E-state index contributed by atoms with van der Waals surface area (Å²) >= 11 is 0. The molecule has 0 bridgehead atoms. The molecule has 1 aromatic rings. The first kappa shape index (κ1) is 20.4. The minimum Gasteiger partial charge on any atom is -0.490 e. The summed E-state index contributed by atoms with van der Waals surface area (Å²) in [5.41, 5.74) is -0.249. The van der Waals surface area contributed by atoms with Crippen molar-refractivity contribution in [3.63, 3.8) is 0 Å². The quantitative estimate of drug-likeness (QED) is 0.742. The summed E-state index contributed by atoms with van der Waals surface area (Å²) < 4.78 is 11.4. The highest BCUT2D eigenvalue weighted by molar-refractivity contribution is 6.00. The Hall–Kier alpha value is -3.34. The number of benzene rings is 1. The monoisotopic (exact) mass is 390 g/mol. The molecule has 7 nitrogen and oxygen atoms in total. The van der Waals surface area contributed by atoms with Crippen molar-refractivity contribution in [1.29, 1.82) is 21.2 Å². The lowest BCUT2D eigenvalue weighted by Gasteiger charge is -2.44. The third kappa shape index (κ3) is 3.23. The molecule has 29 heavy (non-hydrogen) atoms. The van der Waals surface area contributed by atoms with Crippen molar-refractivity contribution in [2.45, 2.75) is 19.8 Å². The zero-order valence-electron chi connectivity index (χ0n) is 16.6. The predicted molar refractivity (Wildman–Crippen MR) is 105 cm³/mol. The van der Waals surface area contributed by atoms with E-state index in [-0.39, 0.29) is 11.6 Å². The van der Waals surface area contributed by atoms with Gasteiger partial charge in [0.05, 0.1) is 50.2 Å². The Morgan fingerprint density at radius 2 is 1.83 bits per heavy atom. The first-order valence-corrected chi connectivity index (χ1v) is 9.80. The molecule has 1 aromatic carbocycles. The molecule has 148 valence electrons. The molecule has 0 saturated heterocycles. The molecule has 7 heteroatoms. The van der Waals surface area contributed by atoms with Crippen LogP contribution in [-0.4, -0.2) is 32.0 Å². The third-order valence-corrected chi connectivity index (χ3v) is 5.69. The van der Waals surface area contributed by atoms with E-state index in [1.807, 2.05) is 32.1 Å². The Morgan fingerprint density at radius 3 is 2.45 bits per heavy atom. The standard InChI is InChI=1S/C22H23N5O2/c1-3-28-18-6-5-14(9-19(18)29-4-2)20-17-11-27-8-7-15(17)16(10-23)21(26)22(20,12-24)13-25/h5-7,9,16-17,20,26-27H,3-4,8,11H2,1-2H3/p+1/t16-,17-,20-/m1/s1. The fraction of sp³-hybridized carbons (Fsp3) is 0.455. The molecule has 1 fully saturated rings. The topological polar surface area (TPSA) is 130 Å². The van der Waals surface area contributed by atoms with E-state index in [0.717, 1.165) is 17.7 Å². The highest BCUT2D eigenvalue weighted by atomic mass is 16.5. The van der Waals surface area contributed by atoms with Crippen molar-refractivity contribution in [3.05, 3.63) is 35.4 Å². The zero-order chi connectivity index (χ0) is 21.0. The number of fused-ring (bicyclic) bond motifs is 1. The normalized spacial score (nSPS) is 24.9. The van der Waals surface area contributed by atoms with Crippen LogP contribution in [0.3, 0.4) is 0 Å². The summed E-state index contributed by atoms with van der Waals surface area (Å²) in [5, 5.41) is 40.5. The van der Waals surface area contributed by atoms with Crippen LogP contribution in [0.2, 0.25) is 0 Å². The molecular weight excluding hydrogens is 366 g/mol. The molecule has 3 N–H and O–H groups in total. The number of nitrogens with one attached hydrogen (secondary N) is 1. The van der Waals surface area contributed by atoms with E-state index in [4.69, 9.17) is 14.9 Å². The molecule has 3 rings (SSSR count). The molecule has 0 aromatic heterocycles. The van der Waals surface area contributed by atoms with E-state index in [2.05, 4.69) is 23.5 Å². The summed E-state index contributed by atoms with van der Waals surface area (Å²) in [5.74, 6) is -0.430. The van der Waals surface area contributed by atoms with Crippen LogP contribution in [-0.2, 0) is 0 Å². The molecule has 0 radical (unpaired) electrons. The maximum atomic E-state index is 10.1. The third-order valence-electron chi connectivity index (χ3n) is 5.69. The summed E-state index contributed by atoms with van der Waals surface area (Å²) in [4.78, 5) is 0. The van der Waals surface area contributed by atoms with Crippen LogP contribution in [0.15, 0.2) is 29.8 Å². The summed E-state index contributed by atoms with van der Waals surface area (Å²) in [7, 11) is 0. The minimum atomic E-state index is -1.70. The molecule has 2 aliphatic rings. The van der Waals surface area contributed by atoms with Gasteiger partial charge in [0, 0.05) is 11.8 Å². The van der Waals surface area contributed by atoms with Gasteiger partial charge < -0.3 is 20.2 Å². The van der Waals surface area contributed by atoms with Gasteiger partial charge in [-0.3, -0.25) is 0 Å². The second kappa shape index (κ2) is 8.35. The summed E-state index contributed by atoms with van der Waals surface area (Å²) in [6.07, 6.45) is 1.97. The number of ether oxygens (including phenoxy) is 2. The fourth-order valence-electron chi connectivity index (χ4n) is 4.47. The Labute approximate surface area is 170 Å². The fourth-order valence-corrected chi connectivity index (χ4v) is 4.47. The van der Waals surface area contributed by atoms with E-state index in [1.165, 1.54) is 0 Å².